The predicted octanol–water partition coefficient (Wildman–Crippen LogP) is 3.98. The van der Waals surface area contributed by atoms with E-state index in [0.717, 1.165) is 6.07 Å². The maximum absolute atomic E-state index is 14.3. The summed E-state index contributed by atoms with van der Waals surface area (Å²) in [6, 6.07) is 2.23. The van der Waals surface area contributed by atoms with Crippen molar-refractivity contribution in [3.05, 3.63) is 40.0 Å². The molecular formula is C21H27Cl2F3N3O3S-. The van der Waals surface area contributed by atoms with Gasteiger partial charge in [-0.15, -0.1) is 0 Å². The number of rotatable bonds is 7. The van der Waals surface area contributed by atoms with Crippen molar-refractivity contribution in [3.8, 4) is 0 Å². The molecule has 12 heteroatoms. The zero-order valence-corrected chi connectivity index (χ0v) is 20.5. The number of alkyl halides is 2. The standard InChI is InChI=1S/C21H27Cl2F3N3O3S/c1-2-11-33(31,32)29-9-7-28(8-10-29)20(3-5-21(25,26)6-4-20)14-27-19(30)18-16(23)12-15(22)13-17(18)24/h2,12-13H,3-11,14H2,1H3,(H,27,30)/q-1. The van der Waals surface area contributed by atoms with Gasteiger partial charge in [-0.05, 0) is 25.0 Å². The third kappa shape index (κ3) is 6.14. The monoisotopic (exact) mass is 528 g/mol. The van der Waals surface area contributed by atoms with Gasteiger partial charge in [-0.25, -0.2) is 25.9 Å². The summed E-state index contributed by atoms with van der Waals surface area (Å²) in [4.78, 5) is 14.7. The number of nitrogens with one attached hydrogen (secondary N) is 1. The van der Waals surface area contributed by atoms with E-state index in [1.807, 2.05) is 4.90 Å². The van der Waals surface area contributed by atoms with E-state index in [-0.39, 0.29) is 66.7 Å². The molecule has 0 atom stereocenters. The Morgan fingerprint density at radius 2 is 1.73 bits per heavy atom. The molecule has 0 unspecified atom stereocenters. The van der Waals surface area contributed by atoms with Crippen LogP contribution >= 0.6 is 23.2 Å². The number of halogens is 5. The van der Waals surface area contributed by atoms with Crippen molar-refractivity contribution in [2.24, 2.45) is 0 Å². The van der Waals surface area contributed by atoms with E-state index in [4.69, 9.17) is 23.2 Å². The van der Waals surface area contributed by atoms with E-state index >= 15 is 0 Å². The van der Waals surface area contributed by atoms with Gasteiger partial charge in [0.15, 0.2) is 10.0 Å². The molecule has 1 aromatic rings. The summed E-state index contributed by atoms with van der Waals surface area (Å²) < 4.78 is 68.3. The molecule has 6 nitrogen and oxygen atoms in total. The van der Waals surface area contributed by atoms with Gasteiger partial charge in [0.05, 0.1) is 10.6 Å². The minimum Gasteiger partial charge on any atom is -0.350 e. The molecular weight excluding hydrogens is 502 g/mol. The number of amides is 1. The lowest BCUT2D eigenvalue weighted by atomic mass is 9.78. The summed E-state index contributed by atoms with van der Waals surface area (Å²) in [7, 11) is -3.41. The number of carbonyl (C=O) groups excluding carboxylic acids is 1. The van der Waals surface area contributed by atoms with Crippen LogP contribution in [0.2, 0.25) is 10.0 Å². The van der Waals surface area contributed by atoms with Crippen molar-refractivity contribution >= 4 is 39.1 Å². The minimum atomic E-state index is -3.41. The highest BCUT2D eigenvalue weighted by Gasteiger charge is 2.47. The van der Waals surface area contributed by atoms with Crippen LogP contribution in [-0.2, 0) is 10.0 Å². The van der Waals surface area contributed by atoms with E-state index in [9.17, 15) is 26.4 Å². The van der Waals surface area contributed by atoms with Gasteiger partial charge in [0.25, 0.3) is 5.91 Å². The number of sulfonamides is 1. The molecule has 1 aliphatic heterocycles. The molecule has 0 bridgehead atoms. The lowest BCUT2D eigenvalue weighted by Crippen LogP contribution is -2.63. The average molecular weight is 529 g/mol. The Morgan fingerprint density at radius 3 is 2.27 bits per heavy atom. The summed E-state index contributed by atoms with van der Waals surface area (Å²) in [6.07, 6.45) is 1.12. The van der Waals surface area contributed by atoms with Crippen LogP contribution in [-0.4, -0.2) is 73.5 Å². The van der Waals surface area contributed by atoms with Crippen LogP contribution in [0, 0.1) is 12.2 Å². The van der Waals surface area contributed by atoms with Crippen molar-refractivity contribution in [2.45, 2.75) is 44.1 Å². The van der Waals surface area contributed by atoms with E-state index in [2.05, 4.69) is 5.32 Å². The SMILES string of the molecule is C[CH-]CS(=O)(=O)N1CCN(C2(CNC(=O)c3c(F)cc(Cl)cc3Cl)CCC(F)(F)CC2)CC1. The highest BCUT2D eigenvalue weighted by atomic mass is 35.5. The fourth-order valence-corrected chi connectivity index (χ4v) is 6.44. The molecule has 1 amide bonds. The smallest absolute Gasteiger partial charge is 0.255 e. The molecule has 1 aliphatic carbocycles. The third-order valence-electron chi connectivity index (χ3n) is 6.40. The van der Waals surface area contributed by atoms with Gasteiger partial charge in [0, 0.05) is 56.1 Å². The van der Waals surface area contributed by atoms with Gasteiger partial charge in [-0.1, -0.05) is 29.0 Å². The number of carbonyl (C=O) groups is 1. The van der Waals surface area contributed by atoms with Gasteiger partial charge in [0.2, 0.25) is 5.92 Å². The second-order valence-electron chi connectivity index (χ2n) is 8.58. The summed E-state index contributed by atoms with van der Waals surface area (Å²) in [6.45, 7) is 2.85. The summed E-state index contributed by atoms with van der Waals surface area (Å²) in [5.74, 6) is -4.49. The van der Waals surface area contributed by atoms with Gasteiger partial charge in [-0.2, -0.15) is 6.92 Å². The minimum absolute atomic E-state index is 0.00972. The molecule has 1 saturated heterocycles. The molecule has 0 aromatic heterocycles. The largest absolute Gasteiger partial charge is 0.350 e. The predicted molar refractivity (Wildman–Crippen MR) is 122 cm³/mol. The van der Waals surface area contributed by atoms with Crippen molar-refractivity contribution < 1.29 is 26.4 Å². The molecule has 1 heterocycles. The van der Waals surface area contributed by atoms with Gasteiger partial charge >= 0.3 is 0 Å². The number of piperazine rings is 1. The maximum atomic E-state index is 14.3. The van der Waals surface area contributed by atoms with Crippen LogP contribution in [0.1, 0.15) is 43.0 Å². The van der Waals surface area contributed by atoms with E-state index in [1.54, 1.807) is 13.3 Å². The molecule has 1 saturated carbocycles. The molecule has 2 fully saturated rings. The summed E-state index contributed by atoms with van der Waals surface area (Å²) in [5.41, 5.74) is -1.15. The van der Waals surface area contributed by atoms with E-state index < -0.39 is 33.2 Å². The highest BCUT2D eigenvalue weighted by Crippen LogP contribution is 2.42. The quantitative estimate of drug-likeness (QED) is 0.543. The normalized spacial score (nSPS) is 21.6. The van der Waals surface area contributed by atoms with Crippen molar-refractivity contribution in [3.63, 3.8) is 0 Å². The van der Waals surface area contributed by atoms with Crippen LogP contribution in [0.25, 0.3) is 0 Å². The van der Waals surface area contributed by atoms with Gasteiger partial charge in [-0.3, -0.25) is 9.69 Å². The third-order valence-corrected chi connectivity index (χ3v) is 8.83. The first kappa shape index (κ1) is 26.5. The number of nitrogens with zero attached hydrogens (tertiary/aromatic N) is 2. The Kier molecular flexibility index (Phi) is 8.26. The summed E-state index contributed by atoms with van der Waals surface area (Å²) >= 11 is 11.8. The Bertz CT molecular complexity index is 953. The van der Waals surface area contributed by atoms with E-state index in [0.29, 0.717) is 13.1 Å². The summed E-state index contributed by atoms with van der Waals surface area (Å²) in [5, 5.41) is 2.57. The second-order valence-corrected chi connectivity index (χ2v) is 11.4. The molecule has 3 rings (SSSR count). The number of hydrogen-bond acceptors (Lipinski definition) is 4. The fraction of sp³-hybridized carbons (Fsp3) is 0.619. The van der Waals surface area contributed by atoms with Crippen LogP contribution in [0.4, 0.5) is 13.2 Å². The number of hydrogen-bond donors (Lipinski definition) is 1. The Hall–Kier alpha value is -1.07. The molecule has 33 heavy (non-hydrogen) atoms. The molecule has 2 aliphatic rings. The second kappa shape index (κ2) is 10.3. The lowest BCUT2D eigenvalue weighted by Gasteiger charge is -2.50. The Balaban J connectivity index is 1.75. The average Bonchev–Trinajstić information content (AvgIpc) is 2.73. The zero-order valence-electron chi connectivity index (χ0n) is 18.2. The van der Waals surface area contributed by atoms with Crippen molar-refractivity contribution in [2.75, 3.05) is 38.5 Å². The molecule has 1 N–H and O–H groups in total. The van der Waals surface area contributed by atoms with Gasteiger partial charge in [0.1, 0.15) is 5.82 Å². The van der Waals surface area contributed by atoms with Crippen molar-refractivity contribution in [1.29, 1.82) is 0 Å². The molecule has 1 aromatic carbocycles. The van der Waals surface area contributed by atoms with Crippen LogP contribution in [0.5, 0.6) is 0 Å². The molecule has 0 spiro atoms. The van der Waals surface area contributed by atoms with Crippen LogP contribution in [0.15, 0.2) is 12.1 Å². The van der Waals surface area contributed by atoms with Crippen LogP contribution < -0.4 is 5.32 Å². The molecule has 0 radical (unpaired) electrons. The van der Waals surface area contributed by atoms with Crippen molar-refractivity contribution in [1.82, 2.24) is 14.5 Å². The molecule has 186 valence electrons. The fourth-order valence-electron chi connectivity index (χ4n) is 4.53. The highest BCUT2D eigenvalue weighted by molar-refractivity contribution is 7.89. The van der Waals surface area contributed by atoms with Crippen LogP contribution in [0.3, 0.4) is 0 Å². The van der Waals surface area contributed by atoms with Gasteiger partial charge < -0.3 is 11.7 Å². The first-order valence-electron chi connectivity index (χ1n) is 10.7. The Labute approximate surface area is 202 Å². The zero-order chi connectivity index (χ0) is 24.4. The maximum Gasteiger partial charge on any atom is 0.255 e. The Morgan fingerprint density at radius 1 is 1.12 bits per heavy atom. The topological polar surface area (TPSA) is 69.7 Å². The first-order chi connectivity index (χ1) is 15.4. The number of benzene rings is 1. The lowest BCUT2D eigenvalue weighted by molar-refractivity contribution is -0.0856. The first-order valence-corrected chi connectivity index (χ1v) is 13.1. The van der Waals surface area contributed by atoms with E-state index in [1.165, 1.54) is 10.4 Å².